The minimum Gasteiger partial charge on any atom is -0.309 e. The van der Waals surface area contributed by atoms with Crippen LogP contribution < -0.4 is 0 Å². The van der Waals surface area contributed by atoms with Gasteiger partial charge >= 0.3 is 0 Å². The summed E-state index contributed by atoms with van der Waals surface area (Å²) >= 11 is 0. The Morgan fingerprint density at radius 2 is 0.746 bits per heavy atom. The summed E-state index contributed by atoms with van der Waals surface area (Å²) in [5.41, 5.74) is 18.9. The van der Waals surface area contributed by atoms with Gasteiger partial charge in [0.1, 0.15) is 11.6 Å². The molecule has 0 amide bonds. The monoisotopic (exact) mass is 807 g/mol. The number of nitrogens with zero attached hydrogens (tertiary/aromatic N) is 5. The van der Waals surface area contributed by atoms with E-state index in [1.807, 2.05) is 0 Å². The smallest absolute Gasteiger partial charge is 0.145 e. The second-order valence-corrected chi connectivity index (χ2v) is 16.5. The molecule has 12 rings (SSSR count). The van der Waals surface area contributed by atoms with Crippen LogP contribution in [0, 0.1) is 13.8 Å². The standard InChI is InChI=1S/C58H41N5/c1-38-23-28-48(29-24-38)61-53-31-26-42(40-13-11-15-44(34-40)57-59-51-21-9-10-22-55(51)62(57)46-17-5-3-6-18-46)36-49(53)50-37-43(27-32-54(50)61)41-14-12-16-45(35-41)58-60-52-30-25-39(2)33-56(52)63(58)47-19-7-4-8-20-47/h3-37H,1-2H3. The Labute approximate surface area is 365 Å². The Bertz CT molecular complexity index is 3680. The van der Waals surface area contributed by atoms with Crippen molar-refractivity contribution in [2.75, 3.05) is 0 Å². The van der Waals surface area contributed by atoms with E-state index in [0.29, 0.717) is 0 Å². The lowest BCUT2D eigenvalue weighted by molar-refractivity contribution is 1.10. The average molecular weight is 808 g/mol. The third-order valence-corrected chi connectivity index (χ3v) is 12.4. The van der Waals surface area contributed by atoms with Crippen molar-refractivity contribution in [2.24, 2.45) is 0 Å². The first-order valence-corrected chi connectivity index (χ1v) is 21.5. The zero-order chi connectivity index (χ0) is 42.0. The lowest BCUT2D eigenvalue weighted by Crippen LogP contribution is -1.97. The molecule has 0 bridgehead atoms. The van der Waals surface area contributed by atoms with Crippen LogP contribution in [0.2, 0.25) is 0 Å². The molecule has 0 radical (unpaired) electrons. The second kappa shape index (κ2) is 14.7. The first-order valence-electron chi connectivity index (χ1n) is 21.5. The molecule has 12 aromatic rings. The molecule has 0 spiro atoms. The number of para-hydroxylation sites is 4. The lowest BCUT2D eigenvalue weighted by Gasteiger charge is -2.11. The van der Waals surface area contributed by atoms with Gasteiger partial charge in [-0.25, -0.2) is 9.97 Å². The topological polar surface area (TPSA) is 40.6 Å². The fraction of sp³-hybridized carbons (Fsp3) is 0.0345. The number of hydrogen-bond donors (Lipinski definition) is 0. The van der Waals surface area contributed by atoms with E-state index in [2.05, 4.69) is 240 Å². The quantitative estimate of drug-likeness (QED) is 0.161. The molecule has 5 nitrogen and oxygen atoms in total. The molecule has 0 atom stereocenters. The van der Waals surface area contributed by atoms with Gasteiger partial charge in [-0.05, 0) is 139 Å². The highest BCUT2D eigenvalue weighted by molar-refractivity contribution is 6.11. The van der Waals surface area contributed by atoms with Crippen LogP contribution in [0.3, 0.4) is 0 Å². The molecule has 3 heterocycles. The zero-order valence-corrected chi connectivity index (χ0v) is 34.9. The highest BCUT2D eigenvalue weighted by Crippen LogP contribution is 2.39. The summed E-state index contributed by atoms with van der Waals surface area (Å²) in [6, 6.07) is 76.2. The zero-order valence-electron chi connectivity index (χ0n) is 34.9. The molecular weight excluding hydrogens is 767 g/mol. The van der Waals surface area contributed by atoms with Gasteiger partial charge in [0.05, 0.1) is 33.1 Å². The highest BCUT2D eigenvalue weighted by Gasteiger charge is 2.19. The van der Waals surface area contributed by atoms with Crippen LogP contribution in [0.15, 0.2) is 212 Å². The van der Waals surface area contributed by atoms with Crippen LogP contribution in [0.25, 0.3) is 106 Å². The van der Waals surface area contributed by atoms with E-state index in [4.69, 9.17) is 9.97 Å². The summed E-state index contributed by atoms with van der Waals surface area (Å²) in [7, 11) is 0. The van der Waals surface area contributed by atoms with Gasteiger partial charge in [0.15, 0.2) is 0 Å². The van der Waals surface area contributed by atoms with Crippen molar-refractivity contribution in [2.45, 2.75) is 13.8 Å². The van der Waals surface area contributed by atoms with Gasteiger partial charge in [-0.15, -0.1) is 0 Å². The molecule has 298 valence electrons. The fourth-order valence-corrected chi connectivity index (χ4v) is 9.31. The van der Waals surface area contributed by atoms with Crippen LogP contribution in [0.1, 0.15) is 11.1 Å². The van der Waals surface area contributed by atoms with Crippen LogP contribution in [-0.4, -0.2) is 23.7 Å². The third-order valence-electron chi connectivity index (χ3n) is 12.4. The summed E-state index contributed by atoms with van der Waals surface area (Å²) in [6.45, 7) is 4.28. The Balaban J connectivity index is 1.01. The maximum atomic E-state index is 5.22. The summed E-state index contributed by atoms with van der Waals surface area (Å²) < 4.78 is 6.95. The van der Waals surface area contributed by atoms with Crippen LogP contribution in [-0.2, 0) is 0 Å². The van der Waals surface area contributed by atoms with Crippen molar-refractivity contribution >= 4 is 43.9 Å². The number of benzene rings is 9. The number of rotatable bonds is 7. The number of hydrogen-bond acceptors (Lipinski definition) is 2. The van der Waals surface area contributed by atoms with E-state index in [1.165, 1.54) is 21.9 Å². The maximum Gasteiger partial charge on any atom is 0.145 e. The SMILES string of the molecule is Cc1ccc(-n2c3ccc(-c4cccc(-c5nc6ccccc6n5-c5ccccc5)c4)cc3c3cc(-c4cccc(-c5nc6ccc(C)cc6n5-c5ccccc5)c4)ccc32)cc1. The van der Waals surface area contributed by atoms with E-state index in [9.17, 15) is 0 Å². The Kier molecular flexibility index (Phi) is 8.54. The van der Waals surface area contributed by atoms with E-state index in [1.54, 1.807) is 0 Å². The molecule has 0 unspecified atom stereocenters. The van der Waals surface area contributed by atoms with Gasteiger partial charge in [-0.3, -0.25) is 9.13 Å². The maximum absolute atomic E-state index is 5.22. The fourth-order valence-electron chi connectivity index (χ4n) is 9.31. The minimum absolute atomic E-state index is 0.919. The Morgan fingerprint density at radius 3 is 1.33 bits per heavy atom. The molecule has 0 saturated heterocycles. The van der Waals surface area contributed by atoms with Crippen molar-refractivity contribution in [1.29, 1.82) is 0 Å². The summed E-state index contributed by atoms with van der Waals surface area (Å²) in [4.78, 5) is 10.4. The highest BCUT2D eigenvalue weighted by atomic mass is 15.1. The van der Waals surface area contributed by atoms with Gasteiger partial charge in [0, 0.05) is 39.0 Å². The van der Waals surface area contributed by atoms with Crippen molar-refractivity contribution in [3.63, 3.8) is 0 Å². The van der Waals surface area contributed by atoms with Crippen molar-refractivity contribution < 1.29 is 0 Å². The number of fused-ring (bicyclic) bond motifs is 5. The molecule has 0 N–H and O–H groups in total. The lowest BCUT2D eigenvalue weighted by atomic mass is 9.98. The molecule has 3 aromatic heterocycles. The number of imidazole rings is 2. The minimum atomic E-state index is 0.919. The summed E-state index contributed by atoms with van der Waals surface area (Å²) in [5.74, 6) is 1.84. The third kappa shape index (κ3) is 6.24. The van der Waals surface area contributed by atoms with Crippen molar-refractivity contribution in [3.05, 3.63) is 223 Å². The Morgan fingerprint density at radius 1 is 0.286 bits per heavy atom. The van der Waals surface area contributed by atoms with E-state index < -0.39 is 0 Å². The molecule has 63 heavy (non-hydrogen) atoms. The van der Waals surface area contributed by atoms with Gasteiger partial charge in [0.2, 0.25) is 0 Å². The van der Waals surface area contributed by atoms with Crippen LogP contribution >= 0.6 is 0 Å². The predicted octanol–water partition coefficient (Wildman–Crippen LogP) is 14.7. The van der Waals surface area contributed by atoms with Gasteiger partial charge in [-0.2, -0.15) is 0 Å². The predicted molar refractivity (Wildman–Crippen MR) is 261 cm³/mol. The Hall–Kier alpha value is -8.28. The van der Waals surface area contributed by atoms with Crippen LogP contribution in [0.5, 0.6) is 0 Å². The number of aromatic nitrogens is 5. The van der Waals surface area contributed by atoms with Gasteiger partial charge in [0.25, 0.3) is 0 Å². The van der Waals surface area contributed by atoms with Gasteiger partial charge < -0.3 is 4.57 Å². The molecule has 0 saturated carbocycles. The van der Waals surface area contributed by atoms with Crippen molar-refractivity contribution in [1.82, 2.24) is 23.7 Å². The molecular formula is C58H41N5. The summed E-state index contributed by atoms with van der Waals surface area (Å²) in [6.07, 6.45) is 0. The second-order valence-electron chi connectivity index (χ2n) is 16.5. The van der Waals surface area contributed by atoms with E-state index in [-0.39, 0.29) is 0 Å². The first-order chi connectivity index (χ1) is 31.0. The normalized spacial score (nSPS) is 11.7. The molecule has 0 aliphatic heterocycles. The molecule has 0 aliphatic carbocycles. The molecule has 5 heteroatoms. The van der Waals surface area contributed by atoms with Gasteiger partial charge in [-0.1, -0.05) is 121 Å². The molecule has 0 fully saturated rings. The first kappa shape index (κ1) is 36.6. The van der Waals surface area contributed by atoms with Crippen LogP contribution in [0.4, 0.5) is 0 Å². The largest absolute Gasteiger partial charge is 0.309 e. The number of aryl methyl sites for hydroxylation is 2. The van der Waals surface area contributed by atoms with E-state index in [0.717, 1.165) is 95.2 Å². The molecule has 0 aliphatic rings. The van der Waals surface area contributed by atoms with E-state index >= 15 is 0 Å². The average Bonchev–Trinajstić information content (AvgIpc) is 4.02. The molecule has 9 aromatic carbocycles. The summed E-state index contributed by atoms with van der Waals surface area (Å²) in [5, 5.41) is 2.40. The van der Waals surface area contributed by atoms with Crippen molar-refractivity contribution in [3.8, 4) is 62.1 Å².